The number of halogens is 1. The number of hydrogen-bond acceptors (Lipinski definition) is 4. The van der Waals surface area contributed by atoms with Gasteiger partial charge in [-0.1, -0.05) is 53.7 Å². The number of amides is 1. The number of amidine groups is 1. The standard InChI is InChI=1S/C18H15ClN2O3S/c19-13-8-6-12(7-9-13)11-21-17(24)15(10-16(22)23)25-18(21)20-14-4-2-1-3-5-14/h1-9,15H,10-11H2,(H,22,23). The van der Waals surface area contributed by atoms with Crippen LogP contribution in [0.4, 0.5) is 5.69 Å². The Morgan fingerprint density at radius 2 is 1.84 bits per heavy atom. The molecule has 128 valence electrons. The van der Waals surface area contributed by atoms with Crippen LogP contribution in [0, 0.1) is 0 Å². The molecule has 1 atom stereocenters. The van der Waals surface area contributed by atoms with Gasteiger partial charge in [0, 0.05) is 5.02 Å². The Hall–Kier alpha value is -2.31. The molecule has 0 saturated carbocycles. The van der Waals surface area contributed by atoms with Gasteiger partial charge in [-0.15, -0.1) is 0 Å². The van der Waals surface area contributed by atoms with Crippen LogP contribution in [0.5, 0.6) is 0 Å². The lowest BCUT2D eigenvalue weighted by molar-refractivity contribution is -0.139. The summed E-state index contributed by atoms with van der Waals surface area (Å²) in [4.78, 5) is 29.7. The van der Waals surface area contributed by atoms with Crippen molar-refractivity contribution in [3.05, 3.63) is 65.2 Å². The summed E-state index contributed by atoms with van der Waals surface area (Å²) in [6.07, 6.45) is -0.228. The van der Waals surface area contributed by atoms with E-state index in [0.29, 0.717) is 16.7 Å². The SMILES string of the molecule is O=C(O)CC1SC(=Nc2ccccc2)N(Cc2ccc(Cl)cc2)C1=O. The van der Waals surface area contributed by atoms with Crippen LogP contribution in [0.3, 0.4) is 0 Å². The molecule has 2 aromatic rings. The van der Waals surface area contributed by atoms with Gasteiger partial charge in [0.25, 0.3) is 0 Å². The Balaban J connectivity index is 1.89. The van der Waals surface area contributed by atoms with Crippen molar-refractivity contribution in [1.82, 2.24) is 4.90 Å². The van der Waals surface area contributed by atoms with Crippen LogP contribution in [-0.4, -0.2) is 32.3 Å². The van der Waals surface area contributed by atoms with Crippen molar-refractivity contribution in [2.75, 3.05) is 0 Å². The summed E-state index contributed by atoms with van der Waals surface area (Å²) >= 11 is 7.09. The number of carbonyl (C=O) groups excluding carboxylic acids is 1. The predicted octanol–water partition coefficient (Wildman–Crippen LogP) is 3.95. The summed E-state index contributed by atoms with van der Waals surface area (Å²) in [6, 6.07) is 16.5. The molecule has 5 nitrogen and oxygen atoms in total. The van der Waals surface area contributed by atoms with Gasteiger partial charge in [0.2, 0.25) is 5.91 Å². The maximum atomic E-state index is 12.6. The van der Waals surface area contributed by atoms with Gasteiger partial charge in [-0.2, -0.15) is 0 Å². The Morgan fingerprint density at radius 3 is 2.48 bits per heavy atom. The van der Waals surface area contributed by atoms with E-state index in [1.807, 2.05) is 42.5 Å². The minimum Gasteiger partial charge on any atom is -0.481 e. The summed E-state index contributed by atoms with van der Waals surface area (Å²) in [7, 11) is 0. The smallest absolute Gasteiger partial charge is 0.305 e. The Bertz CT molecular complexity index is 809. The summed E-state index contributed by atoms with van der Waals surface area (Å²) in [5.74, 6) is -1.24. The van der Waals surface area contributed by atoms with E-state index in [1.54, 1.807) is 12.1 Å². The van der Waals surface area contributed by atoms with Crippen LogP contribution in [0.15, 0.2) is 59.6 Å². The number of aliphatic imine (C=N–C) groups is 1. The van der Waals surface area contributed by atoms with Crippen molar-refractivity contribution in [3.8, 4) is 0 Å². The second-order valence-corrected chi connectivity index (χ2v) is 7.09. The van der Waals surface area contributed by atoms with Gasteiger partial charge in [-0.05, 0) is 29.8 Å². The first-order valence-corrected chi connectivity index (χ1v) is 8.87. The maximum absolute atomic E-state index is 12.6. The zero-order valence-electron chi connectivity index (χ0n) is 13.1. The molecule has 1 aliphatic rings. The maximum Gasteiger partial charge on any atom is 0.305 e. The van der Waals surface area contributed by atoms with Gasteiger partial charge < -0.3 is 5.11 Å². The lowest BCUT2D eigenvalue weighted by Gasteiger charge is -2.16. The van der Waals surface area contributed by atoms with Crippen LogP contribution in [0.25, 0.3) is 0 Å². The number of carboxylic acid groups (broad SMARTS) is 1. The Kier molecular flexibility index (Phi) is 5.40. The minimum absolute atomic E-state index is 0.228. The van der Waals surface area contributed by atoms with Crippen molar-refractivity contribution in [2.24, 2.45) is 4.99 Å². The van der Waals surface area contributed by atoms with Gasteiger partial charge in [0.05, 0.1) is 18.7 Å². The van der Waals surface area contributed by atoms with Crippen LogP contribution in [0.2, 0.25) is 5.02 Å². The monoisotopic (exact) mass is 374 g/mol. The fraction of sp³-hybridized carbons (Fsp3) is 0.167. The molecular formula is C18H15ClN2O3S. The molecule has 25 heavy (non-hydrogen) atoms. The van der Waals surface area contributed by atoms with Gasteiger partial charge in [0.1, 0.15) is 5.25 Å². The van der Waals surface area contributed by atoms with Gasteiger partial charge in [-0.3, -0.25) is 14.5 Å². The Morgan fingerprint density at radius 1 is 1.16 bits per heavy atom. The highest BCUT2D eigenvalue weighted by molar-refractivity contribution is 8.15. The second kappa shape index (κ2) is 7.72. The van der Waals surface area contributed by atoms with Crippen molar-refractivity contribution >= 4 is 46.1 Å². The average Bonchev–Trinajstić information content (AvgIpc) is 2.86. The van der Waals surface area contributed by atoms with Gasteiger partial charge >= 0.3 is 5.97 Å². The number of rotatable bonds is 5. The summed E-state index contributed by atoms with van der Waals surface area (Å²) in [6.45, 7) is 0.324. The molecule has 2 aromatic carbocycles. The van der Waals surface area contributed by atoms with E-state index >= 15 is 0 Å². The minimum atomic E-state index is -1.00. The zero-order valence-corrected chi connectivity index (χ0v) is 14.7. The molecule has 0 aromatic heterocycles. The summed E-state index contributed by atoms with van der Waals surface area (Å²) < 4.78 is 0. The van der Waals surface area contributed by atoms with E-state index < -0.39 is 11.2 Å². The number of hydrogen-bond donors (Lipinski definition) is 1. The highest BCUT2D eigenvalue weighted by Gasteiger charge is 2.39. The van der Waals surface area contributed by atoms with Crippen LogP contribution >= 0.6 is 23.4 Å². The molecule has 1 heterocycles. The lowest BCUT2D eigenvalue weighted by Crippen LogP contribution is -2.32. The number of thioether (sulfide) groups is 1. The second-order valence-electron chi connectivity index (χ2n) is 5.49. The first-order valence-electron chi connectivity index (χ1n) is 7.61. The lowest BCUT2D eigenvalue weighted by atomic mass is 10.2. The van der Waals surface area contributed by atoms with E-state index in [9.17, 15) is 9.59 Å². The predicted molar refractivity (Wildman–Crippen MR) is 99.2 cm³/mol. The third kappa shape index (κ3) is 4.41. The highest BCUT2D eigenvalue weighted by atomic mass is 35.5. The molecule has 1 fully saturated rings. The van der Waals surface area contributed by atoms with Crippen LogP contribution < -0.4 is 0 Å². The molecular weight excluding hydrogens is 360 g/mol. The van der Waals surface area contributed by atoms with E-state index in [-0.39, 0.29) is 12.3 Å². The molecule has 0 aliphatic carbocycles. The number of nitrogens with zero attached hydrogens (tertiary/aromatic N) is 2. The summed E-state index contributed by atoms with van der Waals surface area (Å²) in [5.41, 5.74) is 1.62. The number of aliphatic carboxylic acids is 1. The van der Waals surface area contributed by atoms with Crippen LogP contribution in [0.1, 0.15) is 12.0 Å². The molecule has 1 saturated heterocycles. The first-order chi connectivity index (χ1) is 12.0. The number of para-hydroxylation sites is 1. The third-order valence-corrected chi connectivity index (χ3v) is 5.04. The van der Waals surface area contributed by atoms with Crippen LogP contribution in [-0.2, 0) is 16.1 Å². The molecule has 3 rings (SSSR count). The van der Waals surface area contributed by atoms with Crippen molar-refractivity contribution in [1.29, 1.82) is 0 Å². The van der Waals surface area contributed by atoms with E-state index in [2.05, 4.69) is 4.99 Å². The molecule has 1 unspecified atom stereocenters. The van der Waals surface area contributed by atoms with Gasteiger partial charge in [0.15, 0.2) is 5.17 Å². The number of carboxylic acids is 1. The quantitative estimate of drug-likeness (QED) is 0.860. The largest absolute Gasteiger partial charge is 0.481 e. The summed E-state index contributed by atoms with van der Waals surface area (Å²) in [5, 5.41) is 9.51. The topological polar surface area (TPSA) is 70.0 Å². The molecule has 0 bridgehead atoms. The normalized spacial score (nSPS) is 18.8. The number of carbonyl (C=O) groups is 2. The van der Waals surface area contributed by atoms with E-state index in [0.717, 1.165) is 11.3 Å². The van der Waals surface area contributed by atoms with Gasteiger partial charge in [-0.25, -0.2) is 4.99 Å². The fourth-order valence-corrected chi connectivity index (χ4v) is 3.69. The number of benzene rings is 2. The fourth-order valence-electron chi connectivity index (χ4n) is 2.41. The van der Waals surface area contributed by atoms with Crippen molar-refractivity contribution in [3.63, 3.8) is 0 Å². The molecule has 0 spiro atoms. The van der Waals surface area contributed by atoms with E-state index in [4.69, 9.17) is 16.7 Å². The zero-order chi connectivity index (χ0) is 17.8. The molecule has 7 heteroatoms. The molecule has 0 radical (unpaired) electrons. The average molecular weight is 375 g/mol. The van der Waals surface area contributed by atoms with Crippen molar-refractivity contribution < 1.29 is 14.7 Å². The van der Waals surface area contributed by atoms with E-state index in [1.165, 1.54) is 16.7 Å². The Labute approximate surface area is 154 Å². The molecule has 1 amide bonds. The molecule has 1 aliphatic heterocycles. The third-order valence-electron chi connectivity index (χ3n) is 3.61. The van der Waals surface area contributed by atoms with Crippen molar-refractivity contribution in [2.45, 2.75) is 18.2 Å². The molecule has 1 N–H and O–H groups in total. The first kappa shape index (κ1) is 17.5. The highest BCUT2D eigenvalue weighted by Crippen LogP contribution is 2.32.